The van der Waals surface area contributed by atoms with E-state index in [1.54, 1.807) is 0 Å². The minimum absolute atomic E-state index is 0.0456. The molecule has 1 aromatic carbocycles. The Morgan fingerprint density at radius 2 is 1.80 bits per heavy atom. The summed E-state index contributed by atoms with van der Waals surface area (Å²) in [5.41, 5.74) is 3.60. The average Bonchev–Trinajstić information content (AvgIpc) is 3.39. The van der Waals surface area contributed by atoms with Crippen molar-refractivity contribution in [3.05, 3.63) is 69.1 Å². The molecule has 1 fully saturated rings. The van der Waals surface area contributed by atoms with Crippen molar-refractivity contribution in [2.75, 3.05) is 12.3 Å². The van der Waals surface area contributed by atoms with E-state index in [0.29, 0.717) is 10.9 Å². The van der Waals surface area contributed by atoms with Crippen molar-refractivity contribution >= 4 is 60.2 Å². The summed E-state index contributed by atoms with van der Waals surface area (Å²) in [6, 6.07) is 2.11. The molecule has 19 nitrogen and oxygen atoms in total. The molecule has 0 saturated carbocycles. The smallest absolute Gasteiger partial charge is 0.362 e. The largest absolute Gasteiger partial charge is 0.503 e. The molecule has 2 aromatic heterocycles. The van der Waals surface area contributed by atoms with Crippen molar-refractivity contribution in [3.8, 4) is 5.75 Å². The maximum Gasteiger partial charge on any atom is 0.362 e. The molecule has 3 amide bonds. The van der Waals surface area contributed by atoms with Crippen LogP contribution in [0.2, 0.25) is 0 Å². The molecule has 0 radical (unpaired) electrons. The number of nitrogens with zero attached hydrogens (tertiary/aromatic N) is 3. The SMILES string of the molecule is N=C(C(=O)N[C@@H]1C(=O)N(S(=O)(=O)O)[C@@H]1CNC(=O)c1ccc(S(=O)(=O)NCc2cc(=O)c(O)cn2O)cc1)c1csc(N)n1. The van der Waals surface area contributed by atoms with Gasteiger partial charge in [0.2, 0.25) is 15.5 Å². The van der Waals surface area contributed by atoms with E-state index < -0.39 is 80.1 Å². The number of aromatic nitrogens is 2. The summed E-state index contributed by atoms with van der Waals surface area (Å²) in [6.45, 7) is -1.13. The Labute approximate surface area is 251 Å². The molecule has 1 saturated heterocycles. The van der Waals surface area contributed by atoms with Crippen LogP contribution in [0.4, 0.5) is 5.13 Å². The molecule has 3 heterocycles. The van der Waals surface area contributed by atoms with Gasteiger partial charge in [0, 0.05) is 23.6 Å². The lowest BCUT2D eigenvalue weighted by molar-refractivity contribution is -0.144. The first kappa shape index (κ1) is 32.0. The quantitative estimate of drug-likeness (QED) is 0.0457. The van der Waals surface area contributed by atoms with Gasteiger partial charge in [-0.3, -0.25) is 29.1 Å². The van der Waals surface area contributed by atoms with Crippen LogP contribution in [-0.4, -0.2) is 87.8 Å². The first-order valence-corrected chi connectivity index (χ1v) is 15.7. The van der Waals surface area contributed by atoms with Crippen molar-refractivity contribution in [2.24, 2.45) is 0 Å². The second-order valence-electron chi connectivity index (χ2n) is 8.99. The number of benzene rings is 1. The molecule has 0 unspecified atom stereocenters. The maximum atomic E-state index is 12.7. The number of rotatable bonds is 11. The van der Waals surface area contributed by atoms with E-state index in [2.05, 4.69) is 20.3 Å². The van der Waals surface area contributed by atoms with Gasteiger partial charge in [0.05, 0.1) is 29.4 Å². The van der Waals surface area contributed by atoms with Gasteiger partial charge in [0.25, 0.3) is 17.7 Å². The van der Waals surface area contributed by atoms with Crippen LogP contribution in [0.25, 0.3) is 0 Å². The molecule has 1 aliphatic rings. The average molecular weight is 671 g/mol. The summed E-state index contributed by atoms with van der Waals surface area (Å²) in [7, 11) is -9.30. The van der Waals surface area contributed by atoms with Crippen molar-refractivity contribution in [2.45, 2.75) is 23.5 Å². The second kappa shape index (κ2) is 12.0. The first-order valence-electron chi connectivity index (χ1n) is 11.9. The number of β-lactam (4-membered cyclic amide) rings is 1. The molecule has 44 heavy (non-hydrogen) atoms. The highest BCUT2D eigenvalue weighted by atomic mass is 32.2. The number of nitrogens with two attached hydrogens (primary N) is 1. The van der Waals surface area contributed by atoms with E-state index >= 15 is 0 Å². The fourth-order valence-electron chi connectivity index (χ4n) is 3.92. The Morgan fingerprint density at radius 3 is 2.39 bits per heavy atom. The number of carbonyl (C=O) groups excluding carboxylic acids is 3. The summed E-state index contributed by atoms with van der Waals surface area (Å²) >= 11 is 0.954. The topological polar surface area (TPSA) is 304 Å². The highest BCUT2D eigenvalue weighted by Crippen LogP contribution is 2.24. The van der Waals surface area contributed by atoms with E-state index in [-0.39, 0.29) is 31.3 Å². The van der Waals surface area contributed by atoms with Crippen LogP contribution in [0.1, 0.15) is 21.7 Å². The molecule has 3 aromatic rings. The van der Waals surface area contributed by atoms with E-state index in [0.717, 1.165) is 41.7 Å². The molecular weight excluding hydrogens is 648 g/mol. The highest BCUT2D eigenvalue weighted by molar-refractivity contribution is 7.89. The molecular formula is C22H22N8O11S3. The number of carbonyl (C=O) groups is 3. The number of nitrogen functional groups attached to an aromatic ring is 1. The second-order valence-corrected chi connectivity index (χ2v) is 12.9. The molecule has 9 N–H and O–H groups in total. The summed E-state index contributed by atoms with van der Waals surface area (Å²) in [5.74, 6) is -3.92. The number of hydrogen-bond acceptors (Lipinski definition) is 14. The fraction of sp³-hybridized carbons (Fsp3) is 0.182. The van der Waals surface area contributed by atoms with Crippen LogP contribution in [-0.2, 0) is 36.5 Å². The normalized spacial score (nSPS) is 16.7. The standard InChI is InChI=1S/C22H22N8O11S3/c23-17(13-9-42-22(24)27-13)20(34)28-18-14(30(21(18)35)44(39,40)41)7-25-19(33)10-1-3-12(4-2-10)43(37,38)26-6-11-5-15(31)16(32)8-29(11)36/h1-5,8-9,14,18,23,26,32,36H,6-7H2,(H2,24,27)(H,25,33)(H,28,34)(H,39,40,41)/t14-,18+/m1/s1. The molecule has 1 aliphatic heterocycles. The van der Waals surface area contributed by atoms with Gasteiger partial charge in [0.15, 0.2) is 10.9 Å². The van der Waals surface area contributed by atoms with Gasteiger partial charge in [-0.2, -0.15) is 13.1 Å². The van der Waals surface area contributed by atoms with E-state index in [4.69, 9.17) is 11.1 Å². The van der Waals surface area contributed by atoms with Crippen LogP contribution < -0.4 is 26.5 Å². The van der Waals surface area contributed by atoms with Crippen LogP contribution in [0.15, 0.2) is 51.6 Å². The molecule has 4 rings (SSSR count). The minimum atomic E-state index is -5.09. The zero-order valence-corrected chi connectivity index (χ0v) is 24.3. The van der Waals surface area contributed by atoms with Crippen LogP contribution in [0.5, 0.6) is 5.75 Å². The lowest BCUT2D eigenvalue weighted by Crippen LogP contribution is -2.74. The van der Waals surface area contributed by atoms with Crippen LogP contribution in [0.3, 0.4) is 0 Å². The predicted octanol–water partition coefficient (Wildman–Crippen LogP) is -2.40. The molecule has 22 heteroatoms. The number of thiazole rings is 1. The Hall–Kier alpha value is -4.90. The van der Waals surface area contributed by atoms with Crippen molar-refractivity contribution < 1.29 is 46.1 Å². The minimum Gasteiger partial charge on any atom is -0.503 e. The van der Waals surface area contributed by atoms with Gasteiger partial charge in [-0.05, 0) is 24.3 Å². The van der Waals surface area contributed by atoms with Gasteiger partial charge >= 0.3 is 10.3 Å². The first-order chi connectivity index (χ1) is 20.5. The third-order valence-corrected chi connectivity index (χ3v) is 9.18. The summed E-state index contributed by atoms with van der Waals surface area (Å²) in [5, 5.41) is 32.8. The van der Waals surface area contributed by atoms with Crippen LogP contribution >= 0.6 is 11.3 Å². The van der Waals surface area contributed by atoms with Gasteiger partial charge < -0.3 is 26.7 Å². The number of sulfonamides is 1. The molecule has 0 aliphatic carbocycles. The number of pyridine rings is 1. The Balaban J connectivity index is 1.41. The molecule has 2 atom stereocenters. The Bertz CT molecular complexity index is 1940. The lowest BCUT2D eigenvalue weighted by Gasteiger charge is -2.44. The monoisotopic (exact) mass is 670 g/mol. The number of nitrogens with one attached hydrogen (secondary N) is 4. The van der Waals surface area contributed by atoms with Gasteiger partial charge in [-0.25, -0.2) is 22.4 Å². The van der Waals surface area contributed by atoms with Gasteiger partial charge in [-0.1, -0.05) is 0 Å². The predicted molar refractivity (Wildman–Crippen MR) is 150 cm³/mol. The van der Waals surface area contributed by atoms with Gasteiger partial charge in [-0.15, -0.1) is 11.3 Å². The van der Waals surface area contributed by atoms with Crippen molar-refractivity contribution in [1.29, 1.82) is 5.41 Å². The third-order valence-electron chi connectivity index (χ3n) is 6.14. The number of anilines is 1. The Morgan fingerprint density at radius 1 is 1.14 bits per heavy atom. The van der Waals surface area contributed by atoms with Crippen molar-refractivity contribution in [3.63, 3.8) is 0 Å². The zero-order valence-electron chi connectivity index (χ0n) is 21.9. The maximum absolute atomic E-state index is 12.7. The number of hydrogen-bond donors (Lipinski definition) is 8. The number of aromatic hydroxyl groups is 1. The summed E-state index contributed by atoms with van der Waals surface area (Å²) < 4.78 is 60.7. The molecule has 0 spiro atoms. The zero-order chi connectivity index (χ0) is 32.6. The highest BCUT2D eigenvalue weighted by Gasteiger charge is 2.54. The van der Waals surface area contributed by atoms with Crippen LogP contribution in [0, 0.1) is 5.41 Å². The van der Waals surface area contributed by atoms with E-state index in [1.165, 1.54) is 5.38 Å². The van der Waals surface area contributed by atoms with E-state index in [9.17, 15) is 50.9 Å². The summed E-state index contributed by atoms with van der Waals surface area (Å²) in [4.78, 5) is 52.6. The third kappa shape index (κ3) is 6.68. The summed E-state index contributed by atoms with van der Waals surface area (Å²) in [6.07, 6.45) is 0.689. The fourth-order valence-corrected chi connectivity index (χ4v) is 6.35. The molecule has 0 bridgehead atoms. The van der Waals surface area contributed by atoms with E-state index in [1.807, 2.05) is 0 Å². The number of amides is 3. The lowest BCUT2D eigenvalue weighted by atomic mass is 9.98. The van der Waals surface area contributed by atoms with Gasteiger partial charge in [0.1, 0.15) is 17.4 Å². The Kier molecular flexibility index (Phi) is 8.74. The molecule has 234 valence electrons. The van der Waals surface area contributed by atoms with Crippen molar-refractivity contribution in [1.82, 2.24) is 29.4 Å².